The molecule has 0 heterocycles. The molecule has 0 aliphatic carbocycles. The summed E-state index contributed by atoms with van der Waals surface area (Å²) in [5, 5.41) is 11.1. The van der Waals surface area contributed by atoms with E-state index in [0.29, 0.717) is 5.75 Å². The fourth-order valence-corrected chi connectivity index (χ4v) is 11.8. The van der Waals surface area contributed by atoms with E-state index in [2.05, 4.69) is 88.3 Å². The second-order valence-corrected chi connectivity index (χ2v) is 16.3. The maximum atomic E-state index is 10.5. The van der Waals surface area contributed by atoms with Crippen LogP contribution in [0.4, 0.5) is 0 Å². The van der Waals surface area contributed by atoms with Gasteiger partial charge in [-0.05, 0) is 0 Å². The third-order valence-corrected chi connectivity index (χ3v) is 15.1. The van der Waals surface area contributed by atoms with Gasteiger partial charge in [0.2, 0.25) is 0 Å². The summed E-state index contributed by atoms with van der Waals surface area (Å²) in [6.07, 6.45) is 0.723. The molecule has 0 spiro atoms. The van der Waals surface area contributed by atoms with Gasteiger partial charge in [-0.25, -0.2) is 0 Å². The number of methoxy groups -OCH3 is 1. The Morgan fingerprint density at radius 2 is 1.13 bits per heavy atom. The molecule has 0 fully saturated rings. The molecule has 0 saturated carbocycles. The molecule has 30 heavy (non-hydrogen) atoms. The van der Waals surface area contributed by atoms with Gasteiger partial charge in [-0.1, -0.05) is 0 Å². The Hall–Kier alpha value is -2.61. The van der Waals surface area contributed by atoms with Crippen LogP contribution in [0.15, 0.2) is 109 Å². The van der Waals surface area contributed by atoms with Crippen LogP contribution in [0.2, 0.25) is 0 Å². The van der Waals surface area contributed by atoms with E-state index in [1.807, 2.05) is 36.4 Å². The van der Waals surface area contributed by atoms with E-state index >= 15 is 0 Å². The van der Waals surface area contributed by atoms with Gasteiger partial charge in [-0.3, -0.25) is 0 Å². The molecule has 0 bridgehead atoms. The Balaban J connectivity index is 2.05. The van der Waals surface area contributed by atoms with Gasteiger partial charge in [-0.2, -0.15) is 0 Å². The van der Waals surface area contributed by atoms with E-state index in [-0.39, 0.29) is 5.75 Å². The van der Waals surface area contributed by atoms with Gasteiger partial charge in [0, 0.05) is 0 Å². The van der Waals surface area contributed by atoms with Gasteiger partial charge < -0.3 is 0 Å². The van der Waals surface area contributed by atoms with Crippen LogP contribution >= 0.6 is 20.8 Å². The molecule has 0 aliphatic heterocycles. The monoisotopic (exact) mass is 478 g/mol. The molecule has 0 amide bonds. The molecule has 4 aromatic carbocycles. The van der Waals surface area contributed by atoms with Gasteiger partial charge in [-0.15, -0.1) is 0 Å². The SMILES string of the molecule is COc1ccc(CP(Br)(c2ccccc2)(c2ccccc2)c2ccccc2)cc1O. The second kappa shape index (κ2) is 8.26. The van der Waals surface area contributed by atoms with Crippen LogP contribution in [0.5, 0.6) is 11.5 Å². The average Bonchev–Trinajstić information content (AvgIpc) is 2.81. The van der Waals surface area contributed by atoms with Crippen LogP contribution in [-0.2, 0) is 6.16 Å². The standard InChI is InChI=1S/C26H24BrO2P/c1-29-26-18-17-21(19-25(26)28)20-30(27,22-11-5-2-6-12-22,23-13-7-3-8-14-23)24-15-9-4-10-16-24/h2-19,28H,20H2,1H3. The van der Waals surface area contributed by atoms with Crippen molar-refractivity contribution in [2.75, 3.05) is 7.11 Å². The van der Waals surface area contributed by atoms with Crippen molar-refractivity contribution < 1.29 is 9.84 Å². The summed E-state index contributed by atoms with van der Waals surface area (Å²) in [6.45, 7) is 0. The third kappa shape index (κ3) is 3.43. The van der Waals surface area contributed by atoms with Crippen molar-refractivity contribution >= 4 is 36.7 Å². The van der Waals surface area contributed by atoms with Crippen LogP contribution in [0.25, 0.3) is 0 Å². The first-order valence-electron chi connectivity index (χ1n) is 9.82. The fourth-order valence-electron chi connectivity index (χ4n) is 4.11. The number of phenols is 1. The average molecular weight is 479 g/mol. The number of halogens is 1. The summed E-state index contributed by atoms with van der Waals surface area (Å²) < 4.78 is 5.26. The summed E-state index contributed by atoms with van der Waals surface area (Å²) in [6, 6.07) is 37.6. The summed E-state index contributed by atoms with van der Waals surface area (Å²) >= 11 is 4.43. The molecule has 0 aliphatic rings. The first-order valence-corrected chi connectivity index (χ1v) is 14.3. The Morgan fingerprint density at radius 3 is 1.50 bits per heavy atom. The van der Waals surface area contributed by atoms with Gasteiger partial charge in [0.25, 0.3) is 0 Å². The van der Waals surface area contributed by atoms with Crippen molar-refractivity contribution in [3.8, 4) is 11.5 Å². The zero-order chi connectivity index (χ0) is 21.1. The minimum atomic E-state index is -3.07. The van der Waals surface area contributed by atoms with E-state index in [1.165, 1.54) is 15.9 Å². The first kappa shape index (κ1) is 20.7. The molecule has 4 rings (SSSR count). The number of hydrogen-bond acceptors (Lipinski definition) is 2. The van der Waals surface area contributed by atoms with Crippen molar-refractivity contribution in [1.29, 1.82) is 0 Å². The molecule has 2 nitrogen and oxygen atoms in total. The van der Waals surface area contributed by atoms with E-state index in [4.69, 9.17) is 4.74 Å². The molecular formula is C26H24BrO2P. The molecule has 4 heteroatoms. The van der Waals surface area contributed by atoms with Crippen molar-refractivity contribution in [2.45, 2.75) is 6.16 Å². The van der Waals surface area contributed by atoms with Crippen LogP contribution in [-0.4, -0.2) is 12.2 Å². The topological polar surface area (TPSA) is 29.5 Å². The predicted molar refractivity (Wildman–Crippen MR) is 132 cm³/mol. The summed E-state index contributed by atoms with van der Waals surface area (Å²) in [7, 11) is 1.57. The third-order valence-electron chi connectivity index (χ3n) is 5.61. The van der Waals surface area contributed by atoms with Crippen molar-refractivity contribution in [3.63, 3.8) is 0 Å². The summed E-state index contributed by atoms with van der Waals surface area (Å²) in [4.78, 5) is 0. The summed E-state index contributed by atoms with van der Waals surface area (Å²) in [5.41, 5.74) is 1.04. The zero-order valence-electron chi connectivity index (χ0n) is 16.8. The van der Waals surface area contributed by atoms with Crippen molar-refractivity contribution in [1.82, 2.24) is 0 Å². The van der Waals surface area contributed by atoms with Crippen molar-refractivity contribution in [2.24, 2.45) is 0 Å². The van der Waals surface area contributed by atoms with Gasteiger partial charge in [0.1, 0.15) is 0 Å². The van der Waals surface area contributed by atoms with Crippen LogP contribution in [0.1, 0.15) is 5.56 Å². The number of benzene rings is 4. The van der Waals surface area contributed by atoms with Crippen LogP contribution in [0, 0.1) is 0 Å². The molecule has 0 saturated heterocycles. The maximum absolute atomic E-state index is 10.5. The van der Waals surface area contributed by atoms with E-state index in [0.717, 1.165) is 11.7 Å². The fraction of sp³-hybridized carbons (Fsp3) is 0.0769. The Morgan fingerprint density at radius 1 is 0.700 bits per heavy atom. The Kier molecular flexibility index (Phi) is 5.69. The van der Waals surface area contributed by atoms with Crippen molar-refractivity contribution in [3.05, 3.63) is 115 Å². The molecular weight excluding hydrogens is 455 g/mol. The second-order valence-electron chi connectivity index (χ2n) is 7.35. The normalized spacial score (nSPS) is 12.7. The van der Waals surface area contributed by atoms with E-state index in [9.17, 15) is 5.11 Å². The van der Waals surface area contributed by atoms with Crippen LogP contribution < -0.4 is 20.7 Å². The molecule has 0 unspecified atom stereocenters. The Bertz CT molecular complexity index is 1030. The quantitative estimate of drug-likeness (QED) is 0.358. The number of rotatable bonds is 6. The molecule has 0 atom stereocenters. The first-order chi connectivity index (χ1) is 14.6. The molecule has 0 aromatic heterocycles. The number of phenolic OH excluding ortho intramolecular Hbond substituents is 1. The van der Waals surface area contributed by atoms with E-state index in [1.54, 1.807) is 7.11 Å². The molecule has 152 valence electrons. The number of ether oxygens (including phenoxy) is 1. The van der Waals surface area contributed by atoms with Gasteiger partial charge in [0.15, 0.2) is 0 Å². The predicted octanol–water partition coefficient (Wildman–Crippen LogP) is 5.74. The molecule has 1 N–H and O–H groups in total. The van der Waals surface area contributed by atoms with Crippen LogP contribution in [0.3, 0.4) is 0 Å². The van der Waals surface area contributed by atoms with Gasteiger partial charge >= 0.3 is 186 Å². The Labute approximate surface area is 185 Å². The van der Waals surface area contributed by atoms with E-state index < -0.39 is 5.31 Å². The molecule has 0 radical (unpaired) electrons. The number of aromatic hydroxyl groups is 1. The van der Waals surface area contributed by atoms with Gasteiger partial charge in [0.05, 0.1) is 0 Å². The number of hydrogen-bond donors (Lipinski definition) is 1. The molecule has 4 aromatic rings. The summed E-state index contributed by atoms with van der Waals surface area (Å²) in [5.74, 6) is 0.634. The minimum absolute atomic E-state index is 0.154. The zero-order valence-corrected chi connectivity index (χ0v) is 19.3.